The predicted octanol–water partition coefficient (Wildman–Crippen LogP) is 0.204. The summed E-state index contributed by atoms with van der Waals surface area (Å²) >= 11 is 0. The molecule has 110 valence electrons. The van der Waals surface area contributed by atoms with E-state index in [0.717, 1.165) is 11.1 Å². The van der Waals surface area contributed by atoms with Crippen molar-refractivity contribution >= 4 is 15.9 Å². The Labute approximate surface area is 119 Å². The predicted molar refractivity (Wildman–Crippen MR) is 76.3 cm³/mol. The number of morpholine rings is 1. The zero-order chi connectivity index (χ0) is 14.2. The van der Waals surface area contributed by atoms with Gasteiger partial charge in [-0.05, 0) is 23.6 Å². The summed E-state index contributed by atoms with van der Waals surface area (Å²) in [5, 5.41) is 0. The van der Waals surface area contributed by atoms with E-state index >= 15 is 0 Å². The van der Waals surface area contributed by atoms with Gasteiger partial charge in [0.2, 0.25) is 0 Å². The van der Waals surface area contributed by atoms with Crippen LogP contribution in [0.25, 0.3) is 0 Å². The first-order chi connectivity index (χ1) is 9.59. The van der Waals surface area contributed by atoms with Crippen LogP contribution in [0.2, 0.25) is 0 Å². The molecular formula is C13H19N3O3S. The second-order valence-electron chi connectivity index (χ2n) is 5.09. The van der Waals surface area contributed by atoms with E-state index in [0.29, 0.717) is 51.5 Å². The summed E-state index contributed by atoms with van der Waals surface area (Å²) in [5.41, 5.74) is 8.73. The second kappa shape index (κ2) is 5.33. The first kappa shape index (κ1) is 13.8. The smallest absolute Gasteiger partial charge is 0.282 e. The van der Waals surface area contributed by atoms with E-state index in [-0.39, 0.29) is 0 Å². The van der Waals surface area contributed by atoms with Crippen LogP contribution in [0.15, 0.2) is 18.2 Å². The molecule has 2 N–H and O–H groups in total. The average molecular weight is 297 g/mol. The number of nitrogen functional groups attached to an aromatic ring is 1. The van der Waals surface area contributed by atoms with Crippen LogP contribution in [-0.4, -0.2) is 49.9 Å². The molecule has 1 fully saturated rings. The van der Waals surface area contributed by atoms with Crippen molar-refractivity contribution in [1.82, 2.24) is 8.61 Å². The number of benzene rings is 1. The number of rotatable bonds is 2. The molecule has 0 atom stereocenters. The standard InChI is InChI=1S/C13H19N3O3S/c14-13-3-1-2-11-4-5-16(10-12(11)13)20(17,18)15-6-8-19-9-7-15/h1-3H,4-10,14H2. The van der Waals surface area contributed by atoms with Crippen LogP contribution in [0, 0.1) is 0 Å². The molecule has 1 aromatic carbocycles. The van der Waals surface area contributed by atoms with Crippen LogP contribution >= 0.6 is 0 Å². The Morgan fingerprint density at radius 2 is 1.85 bits per heavy atom. The molecule has 1 saturated heterocycles. The van der Waals surface area contributed by atoms with Gasteiger partial charge in [-0.3, -0.25) is 0 Å². The van der Waals surface area contributed by atoms with Crippen molar-refractivity contribution in [1.29, 1.82) is 0 Å². The molecule has 0 bridgehead atoms. The lowest BCUT2D eigenvalue weighted by atomic mass is 10.00. The number of nitrogens with zero attached hydrogens (tertiary/aromatic N) is 2. The van der Waals surface area contributed by atoms with Crippen LogP contribution in [0.4, 0.5) is 5.69 Å². The van der Waals surface area contributed by atoms with Gasteiger partial charge >= 0.3 is 0 Å². The molecule has 3 rings (SSSR count). The van der Waals surface area contributed by atoms with E-state index in [1.165, 1.54) is 8.61 Å². The zero-order valence-electron chi connectivity index (χ0n) is 11.3. The van der Waals surface area contributed by atoms with E-state index in [2.05, 4.69) is 0 Å². The quantitative estimate of drug-likeness (QED) is 0.792. The SMILES string of the molecule is Nc1cccc2c1CN(S(=O)(=O)N1CCOCC1)CC2. The maximum Gasteiger partial charge on any atom is 0.282 e. The normalized spacial score (nSPS) is 21.6. The highest BCUT2D eigenvalue weighted by Gasteiger charge is 2.33. The van der Waals surface area contributed by atoms with Crippen molar-refractivity contribution in [3.63, 3.8) is 0 Å². The van der Waals surface area contributed by atoms with Gasteiger partial charge < -0.3 is 10.5 Å². The molecule has 2 aliphatic rings. The number of hydrogen-bond donors (Lipinski definition) is 1. The van der Waals surface area contributed by atoms with Gasteiger partial charge in [0.1, 0.15) is 0 Å². The van der Waals surface area contributed by atoms with Crippen LogP contribution in [-0.2, 0) is 27.9 Å². The third-order valence-electron chi connectivity index (χ3n) is 3.90. The number of hydrogen-bond acceptors (Lipinski definition) is 4. The Morgan fingerprint density at radius 1 is 1.10 bits per heavy atom. The van der Waals surface area contributed by atoms with Crippen LogP contribution < -0.4 is 5.73 Å². The molecule has 0 aliphatic carbocycles. The Bertz CT molecular complexity index is 597. The van der Waals surface area contributed by atoms with E-state index in [1.54, 1.807) is 0 Å². The van der Waals surface area contributed by atoms with E-state index in [4.69, 9.17) is 10.5 Å². The maximum absolute atomic E-state index is 12.6. The minimum Gasteiger partial charge on any atom is -0.398 e. The highest BCUT2D eigenvalue weighted by atomic mass is 32.2. The molecule has 0 saturated carbocycles. The summed E-state index contributed by atoms with van der Waals surface area (Å²) in [4.78, 5) is 0. The lowest BCUT2D eigenvalue weighted by molar-refractivity contribution is 0.0699. The van der Waals surface area contributed by atoms with Crippen molar-refractivity contribution in [2.45, 2.75) is 13.0 Å². The third kappa shape index (κ3) is 2.42. The first-order valence-corrected chi connectivity index (χ1v) is 8.18. The Morgan fingerprint density at radius 3 is 2.60 bits per heavy atom. The van der Waals surface area contributed by atoms with E-state index in [1.807, 2.05) is 18.2 Å². The van der Waals surface area contributed by atoms with Crippen molar-refractivity contribution in [2.24, 2.45) is 0 Å². The molecule has 20 heavy (non-hydrogen) atoms. The first-order valence-electron chi connectivity index (χ1n) is 6.78. The molecule has 0 aromatic heterocycles. The molecule has 7 heteroatoms. The second-order valence-corrected chi connectivity index (χ2v) is 7.02. The fraction of sp³-hybridized carbons (Fsp3) is 0.538. The monoisotopic (exact) mass is 297 g/mol. The van der Waals surface area contributed by atoms with Gasteiger partial charge in [-0.15, -0.1) is 0 Å². The highest BCUT2D eigenvalue weighted by molar-refractivity contribution is 7.86. The molecule has 2 heterocycles. The summed E-state index contributed by atoms with van der Waals surface area (Å²) in [7, 11) is -3.41. The van der Waals surface area contributed by atoms with Crippen molar-refractivity contribution in [3.8, 4) is 0 Å². The topological polar surface area (TPSA) is 75.9 Å². The Hall–Kier alpha value is -1.15. The van der Waals surface area contributed by atoms with Gasteiger partial charge in [0.25, 0.3) is 10.2 Å². The Kier molecular flexibility index (Phi) is 3.68. The van der Waals surface area contributed by atoms with Crippen molar-refractivity contribution in [3.05, 3.63) is 29.3 Å². The lowest BCUT2D eigenvalue weighted by Crippen LogP contribution is -2.49. The Balaban J connectivity index is 1.84. The summed E-state index contributed by atoms with van der Waals surface area (Å²) in [6.07, 6.45) is 0.712. The minimum absolute atomic E-state index is 0.363. The summed E-state index contributed by atoms with van der Waals surface area (Å²) in [5.74, 6) is 0. The van der Waals surface area contributed by atoms with Gasteiger partial charge in [-0.2, -0.15) is 17.0 Å². The maximum atomic E-state index is 12.6. The van der Waals surface area contributed by atoms with E-state index < -0.39 is 10.2 Å². The van der Waals surface area contributed by atoms with Crippen LogP contribution in [0.3, 0.4) is 0 Å². The molecule has 6 nitrogen and oxygen atoms in total. The molecule has 0 unspecified atom stereocenters. The molecule has 2 aliphatic heterocycles. The number of fused-ring (bicyclic) bond motifs is 1. The van der Waals surface area contributed by atoms with Crippen molar-refractivity contribution < 1.29 is 13.2 Å². The molecular weight excluding hydrogens is 278 g/mol. The number of anilines is 1. The molecule has 1 aromatic rings. The number of ether oxygens (including phenoxy) is 1. The van der Waals surface area contributed by atoms with Crippen LogP contribution in [0.5, 0.6) is 0 Å². The average Bonchev–Trinajstić information content (AvgIpc) is 2.48. The van der Waals surface area contributed by atoms with Gasteiger partial charge in [-0.1, -0.05) is 12.1 Å². The third-order valence-corrected chi connectivity index (χ3v) is 5.88. The van der Waals surface area contributed by atoms with E-state index in [9.17, 15) is 8.42 Å². The van der Waals surface area contributed by atoms with Crippen LogP contribution in [0.1, 0.15) is 11.1 Å². The van der Waals surface area contributed by atoms with Gasteiger partial charge in [0.05, 0.1) is 13.2 Å². The van der Waals surface area contributed by atoms with Gasteiger partial charge in [0, 0.05) is 31.9 Å². The fourth-order valence-corrected chi connectivity index (χ4v) is 4.27. The summed E-state index contributed by atoms with van der Waals surface area (Å²) < 4.78 is 33.5. The largest absolute Gasteiger partial charge is 0.398 e. The number of nitrogens with two attached hydrogens (primary N) is 1. The van der Waals surface area contributed by atoms with Crippen molar-refractivity contribution in [2.75, 3.05) is 38.6 Å². The minimum atomic E-state index is -3.41. The molecule has 0 radical (unpaired) electrons. The van der Waals surface area contributed by atoms with Gasteiger partial charge in [0.15, 0.2) is 0 Å². The lowest BCUT2D eigenvalue weighted by Gasteiger charge is -2.34. The molecule has 0 amide bonds. The zero-order valence-corrected chi connectivity index (χ0v) is 12.1. The molecule has 0 spiro atoms. The fourth-order valence-electron chi connectivity index (χ4n) is 2.72. The summed E-state index contributed by atoms with van der Waals surface area (Å²) in [6.45, 7) is 2.65. The highest BCUT2D eigenvalue weighted by Crippen LogP contribution is 2.27. The van der Waals surface area contributed by atoms with Gasteiger partial charge in [-0.25, -0.2) is 0 Å². The summed E-state index contributed by atoms with van der Waals surface area (Å²) in [6, 6.07) is 5.76.